The van der Waals surface area contributed by atoms with Crippen LogP contribution >= 0.6 is 24.0 Å². The summed E-state index contributed by atoms with van der Waals surface area (Å²) in [6.45, 7) is 8.77. The molecule has 4 nitrogen and oxygen atoms in total. The van der Waals surface area contributed by atoms with Crippen molar-refractivity contribution >= 4 is 29.9 Å². The number of halogens is 1. The second-order valence-electron chi connectivity index (χ2n) is 6.52. The van der Waals surface area contributed by atoms with E-state index >= 15 is 0 Å². The van der Waals surface area contributed by atoms with Crippen LogP contribution in [0.25, 0.3) is 0 Å². The minimum absolute atomic E-state index is 0. The molecular formula is C15H31IN4. The molecule has 2 fully saturated rings. The van der Waals surface area contributed by atoms with E-state index in [1.165, 1.54) is 45.1 Å². The van der Waals surface area contributed by atoms with E-state index in [2.05, 4.69) is 29.1 Å². The van der Waals surface area contributed by atoms with Gasteiger partial charge in [-0.15, -0.1) is 24.0 Å². The summed E-state index contributed by atoms with van der Waals surface area (Å²) in [6, 6.07) is 0.640. The molecule has 20 heavy (non-hydrogen) atoms. The van der Waals surface area contributed by atoms with Crippen LogP contribution in [0.4, 0.5) is 0 Å². The minimum Gasteiger partial charge on any atom is -0.370 e. The van der Waals surface area contributed by atoms with E-state index in [1.807, 2.05) is 0 Å². The summed E-state index contributed by atoms with van der Waals surface area (Å²) in [6.07, 6.45) is 7.91. The molecular weight excluding hydrogens is 363 g/mol. The molecule has 3 N–H and O–H groups in total. The van der Waals surface area contributed by atoms with Gasteiger partial charge in [0.2, 0.25) is 0 Å². The molecule has 0 aromatic rings. The number of nitrogens with two attached hydrogens (primary N) is 1. The first-order chi connectivity index (χ1) is 9.13. The van der Waals surface area contributed by atoms with Crippen LogP contribution in [-0.4, -0.2) is 43.1 Å². The maximum Gasteiger partial charge on any atom is 0.188 e. The van der Waals surface area contributed by atoms with Gasteiger partial charge in [-0.1, -0.05) is 26.7 Å². The molecule has 2 rings (SSSR count). The van der Waals surface area contributed by atoms with Crippen LogP contribution in [0, 0.1) is 5.41 Å². The Kier molecular flexibility index (Phi) is 7.58. The quantitative estimate of drug-likeness (QED) is 0.428. The van der Waals surface area contributed by atoms with E-state index in [9.17, 15) is 0 Å². The zero-order valence-corrected chi connectivity index (χ0v) is 15.4. The molecule has 1 aliphatic heterocycles. The second-order valence-corrected chi connectivity index (χ2v) is 6.52. The van der Waals surface area contributed by atoms with Gasteiger partial charge in [0.05, 0.1) is 0 Å². The third kappa shape index (κ3) is 5.06. The fourth-order valence-corrected chi connectivity index (χ4v) is 3.48. The number of likely N-dealkylation sites (tertiary alicyclic amines) is 1. The van der Waals surface area contributed by atoms with Gasteiger partial charge in [0, 0.05) is 19.1 Å². The lowest BCUT2D eigenvalue weighted by Gasteiger charge is -2.24. The Morgan fingerprint density at radius 2 is 2.05 bits per heavy atom. The molecule has 0 aromatic carbocycles. The zero-order chi connectivity index (χ0) is 13.7. The van der Waals surface area contributed by atoms with Crippen molar-refractivity contribution in [1.29, 1.82) is 0 Å². The number of likely N-dealkylation sites (N-methyl/N-ethyl adjacent to an activating group) is 1. The lowest BCUT2D eigenvalue weighted by atomic mass is 9.89. The summed E-state index contributed by atoms with van der Waals surface area (Å²) < 4.78 is 0. The molecule has 1 aliphatic carbocycles. The van der Waals surface area contributed by atoms with Gasteiger partial charge < -0.3 is 11.1 Å². The number of rotatable bonds is 5. The van der Waals surface area contributed by atoms with Gasteiger partial charge in [0.25, 0.3) is 0 Å². The van der Waals surface area contributed by atoms with Crippen molar-refractivity contribution in [3.05, 3.63) is 0 Å². The lowest BCUT2D eigenvalue weighted by Crippen LogP contribution is -2.43. The Bertz CT molecular complexity index is 313. The molecule has 0 amide bonds. The number of nitrogens with one attached hydrogen (secondary N) is 1. The topological polar surface area (TPSA) is 53.6 Å². The third-order valence-electron chi connectivity index (χ3n) is 4.87. The van der Waals surface area contributed by atoms with Crippen molar-refractivity contribution in [3.63, 3.8) is 0 Å². The number of hydrogen-bond acceptors (Lipinski definition) is 2. The molecule has 1 saturated heterocycles. The van der Waals surface area contributed by atoms with Crippen LogP contribution in [0.1, 0.15) is 52.4 Å². The Labute approximate surface area is 141 Å². The monoisotopic (exact) mass is 394 g/mol. The molecule has 0 aromatic heterocycles. The maximum absolute atomic E-state index is 6.00. The van der Waals surface area contributed by atoms with E-state index in [0.29, 0.717) is 17.4 Å². The molecule has 1 saturated carbocycles. The highest BCUT2D eigenvalue weighted by molar-refractivity contribution is 14.0. The van der Waals surface area contributed by atoms with Crippen LogP contribution in [0.3, 0.4) is 0 Å². The van der Waals surface area contributed by atoms with Gasteiger partial charge >= 0.3 is 0 Å². The van der Waals surface area contributed by atoms with Gasteiger partial charge in [0.15, 0.2) is 5.96 Å². The number of guanidine groups is 1. The predicted octanol–water partition coefficient (Wildman–Crippen LogP) is 2.57. The third-order valence-corrected chi connectivity index (χ3v) is 4.87. The average molecular weight is 394 g/mol. The van der Waals surface area contributed by atoms with Gasteiger partial charge in [-0.2, -0.15) is 0 Å². The van der Waals surface area contributed by atoms with Gasteiger partial charge in [0.1, 0.15) is 0 Å². The largest absolute Gasteiger partial charge is 0.370 e. The first-order valence-electron chi connectivity index (χ1n) is 7.91. The van der Waals surface area contributed by atoms with Crippen molar-refractivity contribution < 1.29 is 0 Å². The number of nitrogens with zero attached hydrogens (tertiary/aromatic N) is 2. The summed E-state index contributed by atoms with van der Waals surface area (Å²) in [5.74, 6) is 0.635. The van der Waals surface area contributed by atoms with Crippen molar-refractivity contribution in [2.75, 3.05) is 26.2 Å². The highest BCUT2D eigenvalue weighted by atomic mass is 127. The average Bonchev–Trinajstić information content (AvgIpc) is 3.03. The Hall–Kier alpha value is -0.0400. The van der Waals surface area contributed by atoms with Crippen LogP contribution in [0.2, 0.25) is 0 Å². The first-order valence-corrected chi connectivity index (χ1v) is 7.91. The van der Waals surface area contributed by atoms with Crippen LogP contribution < -0.4 is 11.1 Å². The number of hydrogen-bond donors (Lipinski definition) is 2. The Balaban J connectivity index is 0.00000200. The fraction of sp³-hybridized carbons (Fsp3) is 0.933. The van der Waals surface area contributed by atoms with Gasteiger partial charge in [-0.25, -0.2) is 0 Å². The van der Waals surface area contributed by atoms with E-state index < -0.39 is 0 Å². The number of aliphatic imine (C=N–C) groups is 1. The predicted molar refractivity (Wildman–Crippen MR) is 96.8 cm³/mol. The van der Waals surface area contributed by atoms with Crippen LogP contribution in [-0.2, 0) is 0 Å². The lowest BCUT2D eigenvalue weighted by molar-refractivity contribution is 0.267. The van der Waals surface area contributed by atoms with Gasteiger partial charge in [-0.3, -0.25) is 9.89 Å². The van der Waals surface area contributed by atoms with Crippen LogP contribution in [0.15, 0.2) is 4.99 Å². The van der Waals surface area contributed by atoms with Crippen molar-refractivity contribution in [3.8, 4) is 0 Å². The highest BCUT2D eigenvalue weighted by Gasteiger charge is 2.28. The molecule has 0 radical (unpaired) electrons. The Morgan fingerprint density at radius 1 is 1.35 bits per heavy atom. The summed E-state index contributed by atoms with van der Waals surface area (Å²) in [4.78, 5) is 7.08. The molecule has 1 unspecified atom stereocenters. The first kappa shape index (κ1) is 18.0. The summed E-state index contributed by atoms with van der Waals surface area (Å²) in [5.41, 5.74) is 6.39. The second kappa shape index (κ2) is 8.41. The normalized spacial score (nSPS) is 26.5. The zero-order valence-electron chi connectivity index (χ0n) is 13.0. The van der Waals surface area contributed by atoms with E-state index in [1.54, 1.807) is 0 Å². The fourth-order valence-electron chi connectivity index (χ4n) is 3.48. The molecule has 1 heterocycles. The SMILES string of the molecule is CCN1CCCC1CNC(N)=NCC1(C)CCCC1.I. The van der Waals surface area contributed by atoms with Crippen molar-refractivity contribution in [1.82, 2.24) is 10.2 Å². The molecule has 5 heteroatoms. The molecule has 2 aliphatic rings. The molecule has 1 atom stereocenters. The molecule has 0 spiro atoms. The molecule has 118 valence electrons. The highest BCUT2D eigenvalue weighted by Crippen LogP contribution is 2.37. The Morgan fingerprint density at radius 3 is 2.70 bits per heavy atom. The summed E-state index contributed by atoms with van der Waals surface area (Å²) in [7, 11) is 0. The van der Waals surface area contributed by atoms with Crippen molar-refractivity contribution in [2.24, 2.45) is 16.1 Å². The summed E-state index contributed by atoms with van der Waals surface area (Å²) >= 11 is 0. The van der Waals surface area contributed by atoms with Crippen LogP contribution in [0.5, 0.6) is 0 Å². The van der Waals surface area contributed by atoms with Gasteiger partial charge in [-0.05, 0) is 44.2 Å². The van der Waals surface area contributed by atoms with E-state index in [4.69, 9.17) is 5.73 Å². The molecule has 0 bridgehead atoms. The minimum atomic E-state index is 0. The summed E-state index contributed by atoms with van der Waals surface area (Å²) in [5, 5.41) is 3.32. The van der Waals surface area contributed by atoms with E-state index in [-0.39, 0.29) is 24.0 Å². The smallest absolute Gasteiger partial charge is 0.188 e. The van der Waals surface area contributed by atoms with Crippen molar-refractivity contribution in [2.45, 2.75) is 58.4 Å². The van der Waals surface area contributed by atoms with E-state index in [0.717, 1.165) is 19.6 Å². The maximum atomic E-state index is 6.00. The standard InChI is InChI=1S/C15H30N4.HI/c1-3-19-10-6-7-13(19)11-17-14(16)18-12-15(2)8-4-5-9-15;/h13H,3-12H2,1-2H3,(H3,16,17,18);1H.